The zero-order valence-corrected chi connectivity index (χ0v) is 22.6. The Kier molecular flexibility index (Phi) is 8.62. The largest absolute Gasteiger partial charge is 0.493 e. The van der Waals surface area contributed by atoms with Gasteiger partial charge in [0.25, 0.3) is 0 Å². The Hall–Kier alpha value is -3.34. The van der Waals surface area contributed by atoms with Gasteiger partial charge in [-0.25, -0.2) is 5.43 Å². The van der Waals surface area contributed by atoms with Crippen LogP contribution in [0, 0.1) is 0 Å². The average Bonchev–Trinajstić information content (AvgIpc) is 3.49. The van der Waals surface area contributed by atoms with Crippen molar-refractivity contribution in [1.82, 2.24) is 15.0 Å². The molecule has 10 nitrogen and oxygen atoms in total. The van der Waals surface area contributed by atoms with Crippen LogP contribution < -0.4 is 24.7 Å². The summed E-state index contributed by atoms with van der Waals surface area (Å²) in [6.45, 7) is 4.95. The molecule has 0 radical (unpaired) electrons. The van der Waals surface area contributed by atoms with Crippen LogP contribution in [0.15, 0.2) is 41.5 Å². The fourth-order valence-corrected chi connectivity index (χ4v) is 4.67. The van der Waals surface area contributed by atoms with Gasteiger partial charge >= 0.3 is 0 Å². The van der Waals surface area contributed by atoms with E-state index in [9.17, 15) is 0 Å². The minimum Gasteiger partial charge on any atom is -0.493 e. The smallest absolute Gasteiger partial charge is 0.250 e. The minimum atomic E-state index is 0.283. The second-order valence-corrected chi connectivity index (χ2v) is 9.70. The van der Waals surface area contributed by atoms with Gasteiger partial charge in [-0.2, -0.15) is 20.1 Å². The number of nitrogens with one attached hydrogen (secondary N) is 1. The number of ether oxygens (including phenoxy) is 3. The SMILES string of the molecule is COc1cc(/C=N\Nc2nc(N3CCCC3)nc(N3CCOCC3)n2)ccc1OCc1ccc(Cl)cc1Cl. The van der Waals surface area contributed by atoms with Crippen LogP contribution in [0.5, 0.6) is 11.5 Å². The average molecular weight is 558 g/mol. The van der Waals surface area contributed by atoms with Gasteiger partial charge in [0.15, 0.2) is 11.5 Å². The van der Waals surface area contributed by atoms with Crippen LogP contribution in [-0.4, -0.2) is 67.7 Å². The molecule has 38 heavy (non-hydrogen) atoms. The van der Waals surface area contributed by atoms with Crippen molar-refractivity contribution in [3.05, 3.63) is 57.6 Å². The highest BCUT2D eigenvalue weighted by Crippen LogP contribution is 2.30. The number of aromatic nitrogens is 3. The number of halogens is 2. The highest BCUT2D eigenvalue weighted by atomic mass is 35.5. The molecule has 2 aromatic carbocycles. The maximum Gasteiger partial charge on any atom is 0.250 e. The molecule has 200 valence electrons. The summed E-state index contributed by atoms with van der Waals surface area (Å²) in [5, 5.41) is 5.50. The van der Waals surface area contributed by atoms with Gasteiger partial charge in [-0.1, -0.05) is 29.3 Å². The van der Waals surface area contributed by atoms with Gasteiger partial charge in [-0.15, -0.1) is 0 Å². The molecule has 3 heterocycles. The summed E-state index contributed by atoms with van der Waals surface area (Å²) in [7, 11) is 1.59. The lowest BCUT2D eigenvalue weighted by molar-refractivity contribution is 0.122. The van der Waals surface area contributed by atoms with Gasteiger partial charge in [0.2, 0.25) is 17.8 Å². The fourth-order valence-electron chi connectivity index (χ4n) is 4.21. The van der Waals surface area contributed by atoms with Crippen LogP contribution in [0.25, 0.3) is 0 Å². The van der Waals surface area contributed by atoms with E-state index in [1.165, 1.54) is 0 Å². The van der Waals surface area contributed by atoms with Crippen LogP contribution in [-0.2, 0) is 11.3 Å². The monoisotopic (exact) mass is 557 g/mol. The molecular weight excluding hydrogens is 529 g/mol. The maximum atomic E-state index is 6.26. The van der Waals surface area contributed by atoms with E-state index in [-0.39, 0.29) is 6.61 Å². The third-order valence-electron chi connectivity index (χ3n) is 6.26. The molecule has 2 aliphatic heterocycles. The second-order valence-electron chi connectivity index (χ2n) is 8.86. The normalized spacial score (nSPS) is 15.8. The summed E-state index contributed by atoms with van der Waals surface area (Å²) in [5.41, 5.74) is 4.61. The number of morpholine rings is 1. The first-order chi connectivity index (χ1) is 18.6. The van der Waals surface area contributed by atoms with E-state index in [0.717, 1.165) is 50.1 Å². The Morgan fingerprint density at radius 3 is 2.39 bits per heavy atom. The van der Waals surface area contributed by atoms with Gasteiger partial charge in [0.05, 0.1) is 26.5 Å². The third-order valence-corrected chi connectivity index (χ3v) is 6.85. The molecule has 0 bridgehead atoms. The van der Waals surface area contributed by atoms with Crippen molar-refractivity contribution >= 4 is 47.3 Å². The summed E-state index contributed by atoms with van der Waals surface area (Å²) in [6.07, 6.45) is 3.94. The van der Waals surface area contributed by atoms with Gasteiger partial charge in [0.1, 0.15) is 6.61 Å². The zero-order valence-electron chi connectivity index (χ0n) is 21.1. The lowest BCUT2D eigenvalue weighted by Gasteiger charge is -2.27. The number of nitrogens with zero attached hydrogens (tertiary/aromatic N) is 6. The van der Waals surface area contributed by atoms with E-state index in [1.54, 1.807) is 25.5 Å². The van der Waals surface area contributed by atoms with Crippen molar-refractivity contribution in [1.29, 1.82) is 0 Å². The molecule has 0 aliphatic carbocycles. The van der Waals surface area contributed by atoms with Gasteiger partial charge < -0.3 is 24.0 Å². The van der Waals surface area contributed by atoms with E-state index in [0.29, 0.717) is 52.6 Å². The Balaban J connectivity index is 1.28. The summed E-state index contributed by atoms with van der Waals surface area (Å²) in [5.74, 6) is 2.86. The molecule has 0 unspecified atom stereocenters. The molecule has 0 atom stereocenters. The highest BCUT2D eigenvalue weighted by Gasteiger charge is 2.21. The molecule has 0 spiro atoms. The van der Waals surface area contributed by atoms with Crippen LogP contribution in [0.4, 0.5) is 17.8 Å². The standard InChI is InChI=1S/C26H29Cl2N7O3/c1-36-23-14-18(4-7-22(23)38-17-19-5-6-20(27)15-21(19)28)16-29-33-24-30-25(34-8-2-3-9-34)32-26(31-24)35-10-12-37-13-11-35/h4-7,14-16H,2-3,8-13,17H2,1H3,(H,30,31,32,33)/b29-16-. The van der Waals surface area contributed by atoms with Gasteiger partial charge in [0, 0.05) is 41.8 Å². The summed E-state index contributed by atoms with van der Waals surface area (Å²) in [6, 6.07) is 10.9. The molecule has 12 heteroatoms. The summed E-state index contributed by atoms with van der Waals surface area (Å²) in [4.78, 5) is 18.2. The van der Waals surface area contributed by atoms with Crippen molar-refractivity contribution in [2.45, 2.75) is 19.4 Å². The maximum absolute atomic E-state index is 6.26. The Morgan fingerprint density at radius 1 is 0.947 bits per heavy atom. The van der Waals surface area contributed by atoms with Gasteiger partial charge in [-0.05, 0) is 48.7 Å². The van der Waals surface area contributed by atoms with Crippen LogP contribution >= 0.6 is 23.2 Å². The number of hydrogen-bond donors (Lipinski definition) is 1. The van der Waals surface area contributed by atoms with E-state index in [4.69, 9.17) is 42.4 Å². The number of rotatable bonds is 9. The molecule has 2 fully saturated rings. The number of benzene rings is 2. The predicted octanol–water partition coefficient (Wildman–Crippen LogP) is 4.65. The number of hydrogen-bond acceptors (Lipinski definition) is 10. The van der Waals surface area contributed by atoms with Gasteiger partial charge in [-0.3, -0.25) is 0 Å². The Bertz CT molecular complexity index is 1280. The third kappa shape index (κ3) is 6.56. The molecule has 3 aromatic rings. The second kappa shape index (κ2) is 12.5. The Labute approximate surface area is 231 Å². The first-order valence-corrected chi connectivity index (χ1v) is 13.2. The molecule has 0 amide bonds. The van der Waals surface area contributed by atoms with Crippen LogP contribution in [0.2, 0.25) is 10.0 Å². The fraction of sp³-hybridized carbons (Fsp3) is 0.385. The number of hydrazone groups is 1. The number of anilines is 3. The molecule has 2 saturated heterocycles. The van der Waals surface area contributed by atoms with Crippen molar-refractivity contribution in [3.8, 4) is 11.5 Å². The zero-order chi connectivity index (χ0) is 26.3. The number of methoxy groups -OCH3 is 1. The van der Waals surface area contributed by atoms with E-state index in [1.807, 2.05) is 24.3 Å². The van der Waals surface area contributed by atoms with Crippen molar-refractivity contribution < 1.29 is 14.2 Å². The molecule has 0 saturated carbocycles. The lowest BCUT2D eigenvalue weighted by atomic mass is 10.2. The van der Waals surface area contributed by atoms with E-state index >= 15 is 0 Å². The van der Waals surface area contributed by atoms with Crippen LogP contribution in [0.1, 0.15) is 24.0 Å². The molecule has 1 N–H and O–H groups in total. The van der Waals surface area contributed by atoms with E-state index in [2.05, 4.69) is 30.3 Å². The lowest BCUT2D eigenvalue weighted by Crippen LogP contribution is -2.38. The molecule has 1 aromatic heterocycles. The van der Waals surface area contributed by atoms with Crippen molar-refractivity contribution in [3.63, 3.8) is 0 Å². The van der Waals surface area contributed by atoms with Crippen LogP contribution in [0.3, 0.4) is 0 Å². The topological polar surface area (TPSA) is 97.2 Å². The summed E-state index contributed by atoms with van der Waals surface area (Å²) < 4.78 is 16.9. The molecular formula is C26H29Cl2N7O3. The first kappa shape index (κ1) is 26.3. The highest BCUT2D eigenvalue weighted by molar-refractivity contribution is 6.35. The molecule has 5 rings (SSSR count). The minimum absolute atomic E-state index is 0.283. The predicted molar refractivity (Wildman–Crippen MR) is 149 cm³/mol. The van der Waals surface area contributed by atoms with Crippen molar-refractivity contribution in [2.75, 3.05) is 61.7 Å². The molecule has 2 aliphatic rings. The van der Waals surface area contributed by atoms with Crippen molar-refractivity contribution in [2.24, 2.45) is 5.10 Å². The first-order valence-electron chi connectivity index (χ1n) is 12.5. The van der Waals surface area contributed by atoms with E-state index < -0.39 is 0 Å². The Morgan fingerprint density at radius 2 is 1.68 bits per heavy atom. The quantitative estimate of drug-likeness (QED) is 0.297. The summed E-state index contributed by atoms with van der Waals surface area (Å²) >= 11 is 12.2.